The predicted molar refractivity (Wildman–Crippen MR) is 118 cm³/mol. The van der Waals surface area contributed by atoms with E-state index in [4.69, 9.17) is 0 Å². The Hall–Kier alpha value is -3.57. The van der Waals surface area contributed by atoms with E-state index >= 15 is 0 Å². The predicted octanol–water partition coefficient (Wildman–Crippen LogP) is 4.53. The van der Waals surface area contributed by atoms with Crippen LogP contribution in [0.15, 0.2) is 78.9 Å². The van der Waals surface area contributed by atoms with E-state index in [1.165, 1.54) is 0 Å². The van der Waals surface area contributed by atoms with Crippen LogP contribution in [0.5, 0.6) is 0 Å². The van der Waals surface area contributed by atoms with Crippen LogP contribution >= 0.6 is 0 Å². The van der Waals surface area contributed by atoms with E-state index in [1.54, 1.807) is 41.3 Å². The third kappa shape index (κ3) is 4.18. The van der Waals surface area contributed by atoms with E-state index in [-0.39, 0.29) is 17.9 Å². The van der Waals surface area contributed by atoms with Gasteiger partial charge >= 0.3 is 0 Å². The van der Waals surface area contributed by atoms with Crippen molar-refractivity contribution < 1.29 is 19.5 Å². The van der Waals surface area contributed by atoms with Crippen molar-refractivity contribution in [2.75, 3.05) is 4.90 Å². The van der Waals surface area contributed by atoms with Crippen LogP contribution in [0.25, 0.3) is 0 Å². The van der Waals surface area contributed by atoms with Crippen LogP contribution in [0.3, 0.4) is 0 Å². The number of aliphatic hydroxyl groups excluding tert-OH is 1. The third-order valence-electron chi connectivity index (χ3n) is 5.87. The molecular formula is C26H23NO4. The molecule has 0 spiro atoms. The van der Waals surface area contributed by atoms with Gasteiger partial charge in [-0.1, -0.05) is 54.6 Å². The van der Waals surface area contributed by atoms with E-state index in [1.807, 2.05) is 42.5 Å². The van der Waals surface area contributed by atoms with E-state index in [9.17, 15) is 19.5 Å². The number of amides is 1. The summed E-state index contributed by atoms with van der Waals surface area (Å²) in [7, 11) is 0. The van der Waals surface area contributed by atoms with Gasteiger partial charge in [-0.3, -0.25) is 14.4 Å². The number of anilines is 1. The molecule has 1 saturated heterocycles. The SMILES string of the molecule is O=Cc1ccc([C@@H]2[C@@H](CC[C@@H](O)c3ccccc3)C(=O)N2c2ccc(C=O)cc2)cc1. The van der Waals surface area contributed by atoms with Crippen molar-refractivity contribution in [2.45, 2.75) is 25.0 Å². The highest BCUT2D eigenvalue weighted by atomic mass is 16.3. The molecule has 3 aromatic rings. The maximum Gasteiger partial charge on any atom is 0.233 e. The molecule has 5 heteroatoms. The lowest BCUT2D eigenvalue weighted by Gasteiger charge is -2.48. The van der Waals surface area contributed by atoms with E-state index < -0.39 is 6.10 Å². The number of rotatable bonds is 8. The molecule has 156 valence electrons. The highest BCUT2D eigenvalue weighted by Crippen LogP contribution is 2.46. The van der Waals surface area contributed by atoms with Crippen molar-refractivity contribution in [1.29, 1.82) is 0 Å². The van der Waals surface area contributed by atoms with Gasteiger partial charge < -0.3 is 10.0 Å². The van der Waals surface area contributed by atoms with Crippen LogP contribution < -0.4 is 4.90 Å². The molecule has 5 nitrogen and oxygen atoms in total. The van der Waals surface area contributed by atoms with E-state index in [2.05, 4.69) is 0 Å². The minimum absolute atomic E-state index is 0.0106. The summed E-state index contributed by atoms with van der Waals surface area (Å²) in [5.74, 6) is -0.283. The summed E-state index contributed by atoms with van der Waals surface area (Å²) in [6, 6.07) is 23.4. The topological polar surface area (TPSA) is 74.7 Å². The summed E-state index contributed by atoms with van der Waals surface area (Å²) >= 11 is 0. The Kier molecular flexibility index (Phi) is 6.05. The van der Waals surface area contributed by atoms with Crippen molar-refractivity contribution >= 4 is 24.2 Å². The molecule has 3 aromatic carbocycles. The summed E-state index contributed by atoms with van der Waals surface area (Å²) in [6.07, 6.45) is 1.94. The lowest BCUT2D eigenvalue weighted by molar-refractivity contribution is -0.131. The Morgan fingerprint density at radius 1 is 0.839 bits per heavy atom. The van der Waals surface area contributed by atoms with Gasteiger partial charge in [-0.15, -0.1) is 0 Å². The number of aliphatic hydroxyl groups is 1. The second-order valence-electron chi connectivity index (χ2n) is 7.76. The lowest BCUT2D eigenvalue weighted by atomic mass is 9.78. The van der Waals surface area contributed by atoms with E-state index in [0.717, 1.165) is 29.4 Å². The maximum absolute atomic E-state index is 13.1. The molecule has 3 atom stereocenters. The zero-order valence-corrected chi connectivity index (χ0v) is 16.9. The quantitative estimate of drug-likeness (QED) is 0.435. The average molecular weight is 413 g/mol. The molecule has 1 aliphatic heterocycles. The van der Waals surface area contributed by atoms with E-state index in [0.29, 0.717) is 24.0 Å². The standard InChI is InChI=1S/C26H23NO4/c28-16-18-6-10-21(11-7-18)25-23(14-15-24(30)20-4-2-1-3-5-20)26(31)27(25)22-12-8-19(17-29)9-13-22/h1-13,16-17,23-25,30H,14-15H2/t23-,24-,25-/m1/s1. The van der Waals surface area contributed by atoms with Crippen molar-refractivity contribution in [1.82, 2.24) is 0 Å². The summed E-state index contributed by atoms with van der Waals surface area (Å²) in [5, 5.41) is 10.5. The summed E-state index contributed by atoms with van der Waals surface area (Å²) in [5.41, 5.74) is 3.62. The first-order chi connectivity index (χ1) is 15.1. The van der Waals surface area contributed by atoms with Gasteiger partial charge in [-0.2, -0.15) is 0 Å². The number of carbonyl (C=O) groups excluding carboxylic acids is 3. The minimum Gasteiger partial charge on any atom is -0.388 e. The monoisotopic (exact) mass is 413 g/mol. The fourth-order valence-electron chi connectivity index (χ4n) is 4.16. The lowest BCUT2D eigenvalue weighted by Crippen LogP contribution is -2.55. The Morgan fingerprint density at radius 3 is 2.00 bits per heavy atom. The molecule has 1 heterocycles. The first-order valence-electron chi connectivity index (χ1n) is 10.3. The number of aldehydes is 2. The second-order valence-corrected chi connectivity index (χ2v) is 7.76. The Labute approximate surface area is 180 Å². The highest BCUT2D eigenvalue weighted by molar-refractivity contribution is 6.03. The van der Waals surface area contributed by atoms with Gasteiger partial charge in [0.25, 0.3) is 0 Å². The molecule has 0 unspecified atom stereocenters. The molecule has 1 fully saturated rings. The molecule has 0 aromatic heterocycles. The van der Waals surface area contributed by atoms with Crippen LogP contribution in [-0.2, 0) is 4.79 Å². The zero-order valence-electron chi connectivity index (χ0n) is 16.9. The fraction of sp³-hybridized carbons (Fsp3) is 0.192. The maximum atomic E-state index is 13.1. The van der Waals surface area contributed by atoms with Gasteiger partial charge in [-0.25, -0.2) is 0 Å². The van der Waals surface area contributed by atoms with Gasteiger partial charge in [-0.05, 0) is 48.2 Å². The molecular weight excluding hydrogens is 390 g/mol. The number of benzene rings is 3. The van der Waals surface area contributed by atoms with Crippen LogP contribution in [-0.4, -0.2) is 23.6 Å². The molecule has 0 bridgehead atoms. The number of hydrogen-bond acceptors (Lipinski definition) is 4. The van der Waals surface area contributed by atoms with Crippen molar-refractivity contribution in [2.24, 2.45) is 5.92 Å². The Bertz CT molecular complexity index is 1060. The van der Waals surface area contributed by atoms with Crippen molar-refractivity contribution in [3.8, 4) is 0 Å². The zero-order chi connectivity index (χ0) is 21.8. The molecule has 1 aliphatic rings. The number of nitrogens with zero attached hydrogens (tertiary/aromatic N) is 1. The number of β-lactam (4-membered cyclic amide) rings is 1. The minimum atomic E-state index is -0.631. The van der Waals surface area contributed by atoms with Gasteiger partial charge in [0, 0.05) is 16.8 Å². The number of carbonyl (C=O) groups is 3. The van der Waals surface area contributed by atoms with Gasteiger partial charge in [0.05, 0.1) is 18.1 Å². The van der Waals surface area contributed by atoms with Crippen LogP contribution in [0, 0.1) is 5.92 Å². The molecule has 31 heavy (non-hydrogen) atoms. The molecule has 1 N–H and O–H groups in total. The number of hydrogen-bond donors (Lipinski definition) is 1. The summed E-state index contributed by atoms with van der Waals surface area (Å²) in [6.45, 7) is 0. The highest BCUT2D eigenvalue weighted by Gasteiger charge is 2.48. The first-order valence-corrected chi connectivity index (χ1v) is 10.3. The van der Waals surface area contributed by atoms with Crippen LogP contribution in [0.2, 0.25) is 0 Å². The third-order valence-corrected chi connectivity index (χ3v) is 5.87. The van der Waals surface area contributed by atoms with Crippen molar-refractivity contribution in [3.63, 3.8) is 0 Å². The normalized spacial score (nSPS) is 18.9. The molecule has 0 saturated carbocycles. The van der Waals surface area contributed by atoms with Gasteiger partial charge in [0.1, 0.15) is 12.6 Å². The van der Waals surface area contributed by atoms with Gasteiger partial charge in [0.15, 0.2) is 0 Å². The first kappa shape index (κ1) is 20.7. The molecule has 1 amide bonds. The fourth-order valence-corrected chi connectivity index (χ4v) is 4.16. The molecule has 0 radical (unpaired) electrons. The second kappa shape index (κ2) is 9.06. The van der Waals surface area contributed by atoms with Crippen LogP contribution in [0.1, 0.15) is 56.8 Å². The van der Waals surface area contributed by atoms with Crippen molar-refractivity contribution in [3.05, 3.63) is 101 Å². The Balaban J connectivity index is 1.58. The smallest absolute Gasteiger partial charge is 0.233 e. The molecule has 4 rings (SSSR count). The summed E-state index contributed by atoms with van der Waals surface area (Å²) in [4.78, 5) is 36.8. The largest absolute Gasteiger partial charge is 0.388 e. The average Bonchev–Trinajstić information content (AvgIpc) is 2.83. The molecule has 0 aliphatic carbocycles. The van der Waals surface area contributed by atoms with Crippen LogP contribution in [0.4, 0.5) is 5.69 Å². The summed E-state index contributed by atoms with van der Waals surface area (Å²) < 4.78 is 0. The van der Waals surface area contributed by atoms with Gasteiger partial charge in [0.2, 0.25) is 5.91 Å². The Morgan fingerprint density at radius 2 is 1.42 bits per heavy atom.